The molecular weight excluding hydrogens is 308 g/mol. The molecular formula is C14H14N2O3S2. The maximum absolute atomic E-state index is 12.2. The molecule has 0 aliphatic rings. The number of nitrogens with one attached hydrogen (secondary N) is 1. The third-order valence-electron chi connectivity index (χ3n) is 2.73. The van der Waals surface area contributed by atoms with Gasteiger partial charge in [-0.25, -0.2) is 13.1 Å². The van der Waals surface area contributed by atoms with Gasteiger partial charge in [-0.1, -0.05) is 11.8 Å². The van der Waals surface area contributed by atoms with Crippen molar-refractivity contribution in [1.82, 2.24) is 9.71 Å². The van der Waals surface area contributed by atoms with Crippen LogP contribution in [0, 0.1) is 18.8 Å². The second-order valence-electron chi connectivity index (χ2n) is 4.23. The van der Waals surface area contributed by atoms with Gasteiger partial charge in [-0.05, 0) is 30.7 Å². The van der Waals surface area contributed by atoms with Gasteiger partial charge in [-0.2, -0.15) is 0 Å². The van der Waals surface area contributed by atoms with E-state index in [0.29, 0.717) is 5.56 Å². The zero-order valence-corrected chi connectivity index (χ0v) is 13.0. The highest BCUT2D eigenvalue weighted by atomic mass is 32.2. The van der Waals surface area contributed by atoms with Crippen LogP contribution in [0.5, 0.6) is 0 Å². The third-order valence-corrected chi connectivity index (χ3v) is 4.91. The van der Waals surface area contributed by atoms with Crippen LogP contribution in [0.25, 0.3) is 0 Å². The first kappa shape index (κ1) is 15.7. The van der Waals surface area contributed by atoms with Gasteiger partial charge in [0.05, 0.1) is 10.4 Å². The Kier molecular flexibility index (Phi) is 5.09. The molecule has 0 unspecified atom stereocenters. The van der Waals surface area contributed by atoms with Crippen molar-refractivity contribution >= 4 is 21.4 Å². The lowest BCUT2D eigenvalue weighted by molar-refractivity contribution is 0.350. The van der Waals surface area contributed by atoms with Crippen molar-refractivity contribution in [2.75, 3.05) is 6.61 Å². The van der Waals surface area contributed by atoms with E-state index in [9.17, 15) is 8.42 Å². The molecule has 2 N–H and O–H groups in total. The number of aromatic nitrogens is 1. The molecule has 0 saturated carbocycles. The average Bonchev–Trinajstić information content (AvgIpc) is 2.97. The number of sulfonamides is 1. The van der Waals surface area contributed by atoms with E-state index in [2.05, 4.69) is 21.5 Å². The smallest absolute Gasteiger partial charge is 0.240 e. The van der Waals surface area contributed by atoms with E-state index < -0.39 is 10.0 Å². The normalized spacial score (nSPS) is 11.0. The second-order valence-corrected chi connectivity index (χ2v) is 6.97. The van der Waals surface area contributed by atoms with E-state index in [1.54, 1.807) is 30.8 Å². The lowest BCUT2D eigenvalue weighted by Gasteiger charge is -2.07. The lowest BCUT2D eigenvalue weighted by Crippen LogP contribution is -2.22. The Morgan fingerprint density at radius 1 is 1.43 bits per heavy atom. The lowest BCUT2D eigenvalue weighted by atomic mass is 10.1. The quantitative estimate of drug-likeness (QED) is 0.831. The summed E-state index contributed by atoms with van der Waals surface area (Å²) in [6, 6.07) is 4.71. The summed E-state index contributed by atoms with van der Waals surface area (Å²) in [6.07, 6.45) is 1.63. The Balaban J connectivity index is 2.18. The highest BCUT2D eigenvalue weighted by molar-refractivity contribution is 7.89. The molecule has 0 aliphatic carbocycles. The zero-order chi connectivity index (χ0) is 15.3. The number of nitrogens with zero attached hydrogens (tertiary/aromatic N) is 1. The van der Waals surface area contributed by atoms with Gasteiger partial charge in [0.15, 0.2) is 0 Å². The molecule has 7 heteroatoms. The van der Waals surface area contributed by atoms with Crippen LogP contribution in [0.1, 0.15) is 16.0 Å². The van der Waals surface area contributed by atoms with Crippen molar-refractivity contribution in [2.24, 2.45) is 0 Å². The first-order chi connectivity index (χ1) is 10.0. The zero-order valence-electron chi connectivity index (χ0n) is 11.3. The number of benzene rings is 1. The molecule has 1 heterocycles. The summed E-state index contributed by atoms with van der Waals surface area (Å²) in [7, 11) is -3.56. The number of thiazole rings is 1. The van der Waals surface area contributed by atoms with Crippen molar-refractivity contribution in [3.8, 4) is 11.8 Å². The van der Waals surface area contributed by atoms with Crippen LogP contribution in [-0.4, -0.2) is 25.1 Å². The highest BCUT2D eigenvalue weighted by Crippen LogP contribution is 2.15. The van der Waals surface area contributed by atoms with Crippen LogP contribution in [0.3, 0.4) is 0 Å². The number of aliphatic hydroxyl groups is 1. The number of aliphatic hydroxyl groups excluding tert-OH is 1. The van der Waals surface area contributed by atoms with Crippen molar-refractivity contribution < 1.29 is 13.5 Å². The van der Waals surface area contributed by atoms with E-state index in [1.165, 1.54) is 17.4 Å². The van der Waals surface area contributed by atoms with Gasteiger partial charge in [-0.15, -0.1) is 11.3 Å². The summed E-state index contributed by atoms with van der Waals surface area (Å²) in [6.45, 7) is 1.78. The summed E-state index contributed by atoms with van der Waals surface area (Å²) >= 11 is 1.39. The minimum atomic E-state index is -3.56. The highest BCUT2D eigenvalue weighted by Gasteiger charge is 2.14. The molecule has 110 valence electrons. The van der Waals surface area contributed by atoms with E-state index in [1.807, 2.05) is 0 Å². The van der Waals surface area contributed by atoms with Crippen LogP contribution in [0.2, 0.25) is 0 Å². The van der Waals surface area contributed by atoms with Gasteiger partial charge in [-0.3, -0.25) is 4.98 Å². The van der Waals surface area contributed by atoms with Crippen LogP contribution in [-0.2, 0) is 16.6 Å². The molecule has 0 bridgehead atoms. The van der Waals surface area contributed by atoms with Crippen LogP contribution in [0.15, 0.2) is 34.8 Å². The topological polar surface area (TPSA) is 79.3 Å². The summed E-state index contributed by atoms with van der Waals surface area (Å²) in [5, 5.41) is 8.68. The molecule has 21 heavy (non-hydrogen) atoms. The molecule has 1 aromatic heterocycles. The van der Waals surface area contributed by atoms with E-state index >= 15 is 0 Å². The molecule has 0 atom stereocenters. The molecule has 1 aromatic carbocycles. The predicted octanol–water partition coefficient (Wildman–Crippen LogP) is 1.27. The molecule has 0 fully saturated rings. The minimum Gasteiger partial charge on any atom is -0.384 e. The summed E-state index contributed by atoms with van der Waals surface area (Å²) in [4.78, 5) is 4.94. The Morgan fingerprint density at radius 2 is 2.24 bits per heavy atom. The van der Waals surface area contributed by atoms with Crippen LogP contribution < -0.4 is 4.72 Å². The molecule has 0 aliphatic heterocycles. The molecule has 0 spiro atoms. The first-order valence-electron chi connectivity index (χ1n) is 6.10. The van der Waals surface area contributed by atoms with Crippen molar-refractivity contribution in [2.45, 2.75) is 18.4 Å². The third kappa shape index (κ3) is 4.12. The first-order valence-corrected chi connectivity index (χ1v) is 8.46. The molecule has 0 amide bonds. The number of aryl methyl sites for hydroxylation is 1. The second kappa shape index (κ2) is 6.83. The number of hydrogen-bond acceptors (Lipinski definition) is 5. The predicted molar refractivity (Wildman–Crippen MR) is 81.3 cm³/mol. The van der Waals surface area contributed by atoms with E-state index in [4.69, 9.17) is 5.11 Å². The largest absolute Gasteiger partial charge is 0.384 e. The van der Waals surface area contributed by atoms with Gasteiger partial charge in [0.1, 0.15) is 6.61 Å². The Labute approximate surface area is 127 Å². The van der Waals surface area contributed by atoms with Gasteiger partial charge in [0.25, 0.3) is 0 Å². The average molecular weight is 322 g/mol. The van der Waals surface area contributed by atoms with Crippen molar-refractivity contribution in [3.05, 3.63) is 45.9 Å². The monoisotopic (exact) mass is 322 g/mol. The minimum absolute atomic E-state index is 0.194. The van der Waals surface area contributed by atoms with Gasteiger partial charge < -0.3 is 5.11 Å². The summed E-state index contributed by atoms with van der Waals surface area (Å²) in [5.74, 6) is 5.32. The van der Waals surface area contributed by atoms with Gasteiger partial charge in [0.2, 0.25) is 10.0 Å². The number of rotatable bonds is 4. The number of hydrogen-bond donors (Lipinski definition) is 2. The Bertz CT molecular complexity index is 772. The molecule has 5 nitrogen and oxygen atoms in total. The molecule has 2 rings (SSSR count). The van der Waals surface area contributed by atoms with Gasteiger partial charge in [0, 0.05) is 23.2 Å². The molecule has 0 radical (unpaired) electrons. The Hall–Kier alpha value is -1.72. The fourth-order valence-corrected chi connectivity index (χ4v) is 3.37. The SMILES string of the molecule is Cc1cc(S(=O)(=O)NCc2cncs2)ccc1C#CCO. The van der Waals surface area contributed by atoms with Crippen LogP contribution in [0.4, 0.5) is 0 Å². The standard InChI is InChI=1S/C14H14N2O3S2/c1-11-7-14(5-4-12(11)3-2-6-17)21(18,19)16-9-13-8-15-10-20-13/h4-5,7-8,10,16-17H,6,9H2,1H3. The van der Waals surface area contributed by atoms with Crippen molar-refractivity contribution in [3.63, 3.8) is 0 Å². The Morgan fingerprint density at radius 3 is 2.86 bits per heavy atom. The van der Waals surface area contributed by atoms with Crippen molar-refractivity contribution in [1.29, 1.82) is 0 Å². The maximum atomic E-state index is 12.2. The molecule has 2 aromatic rings. The van der Waals surface area contributed by atoms with Crippen LogP contribution >= 0.6 is 11.3 Å². The summed E-state index contributed by atoms with van der Waals surface area (Å²) in [5.41, 5.74) is 3.10. The summed E-state index contributed by atoms with van der Waals surface area (Å²) < 4.78 is 26.9. The van der Waals surface area contributed by atoms with E-state index in [0.717, 1.165) is 10.4 Å². The fourth-order valence-electron chi connectivity index (χ4n) is 1.66. The van der Waals surface area contributed by atoms with E-state index in [-0.39, 0.29) is 18.0 Å². The maximum Gasteiger partial charge on any atom is 0.240 e. The van der Waals surface area contributed by atoms with Gasteiger partial charge >= 0.3 is 0 Å². The fraction of sp³-hybridized carbons (Fsp3) is 0.214. The molecule has 0 saturated heterocycles.